The van der Waals surface area contributed by atoms with Gasteiger partial charge in [-0.1, -0.05) is 60.7 Å². The number of Topliss-reactive ketones (excluding diaryl/α,β-unsaturated/α-hetero) is 1. The highest BCUT2D eigenvalue weighted by Crippen LogP contribution is 2.42. The van der Waals surface area contributed by atoms with E-state index in [0.29, 0.717) is 45.8 Å². The van der Waals surface area contributed by atoms with Crippen molar-refractivity contribution in [2.45, 2.75) is 64.0 Å². The van der Waals surface area contributed by atoms with Crippen LogP contribution >= 0.6 is 23.2 Å². The minimum atomic E-state index is -0.894. The van der Waals surface area contributed by atoms with E-state index in [0.717, 1.165) is 32.1 Å². The predicted octanol–water partition coefficient (Wildman–Crippen LogP) is 5.45. The Morgan fingerprint density at radius 3 is 2.50 bits per heavy atom. The number of allylic oxidation sites excluding steroid dienone is 3. The lowest BCUT2D eigenvalue weighted by Crippen LogP contribution is -2.50. The maximum Gasteiger partial charge on any atom is 0.304 e. The number of nitrogens with zero attached hydrogens (tertiary/aromatic N) is 2. The lowest BCUT2D eigenvalue weighted by Gasteiger charge is -2.41. The number of carbonyl (C=O) groups excluding carboxylic acids is 2. The fourth-order valence-electron chi connectivity index (χ4n) is 5.72. The van der Waals surface area contributed by atoms with Crippen LogP contribution in [0, 0.1) is 11.8 Å². The average Bonchev–Trinajstić information content (AvgIpc) is 3.16. The maximum absolute atomic E-state index is 13.8. The summed E-state index contributed by atoms with van der Waals surface area (Å²) in [7, 11) is 0. The third-order valence-electron chi connectivity index (χ3n) is 7.88. The summed E-state index contributed by atoms with van der Waals surface area (Å²) in [6, 6.07) is 5.15. The molecular weight excluding hydrogens is 525 g/mol. The summed E-state index contributed by atoms with van der Waals surface area (Å²) in [6.45, 7) is 3.03. The van der Waals surface area contributed by atoms with Crippen LogP contribution in [0.3, 0.4) is 0 Å². The number of carboxylic acid groups (broad SMARTS) is 1. The Kier molecular flexibility index (Phi) is 9.45. The van der Waals surface area contributed by atoms with E-state index < -0.39 is 11.6 Å². The number of ketones is 1. The summed E-state index contributed by atoms with van der Waals surface area (Å²) in [5.74, 6) is -0.529. The number of amides is 1. The minimum Gasteiger partial charge on any atom is -0.481 e. The molecule has 1 heterocycles. The Balaban J connectivity index is 1.42. The van der Waals surface area contributed by atoms with Gasteiger partial charge in [0, 0.05) is 40.2 Å². The zero-order valence-corrected chi connectivity index (χ0v) is 23.2. The third kappa shape index (κ3) is 6.74. The molecule has 1 aliphatic heterocycles. The molecule has 1 saturated carbocycles. The molecule has 204 valence electrons. The van der Waals surface area contributed by atoms with E-state index in [1.54, 1.807) is 18.2 Å². The van der Waals surface area contributed by atoms with Crippen LogP contribution in [0.5, 0.6) is 0 Å². The quantitative estimate of drug-likeness (QED) is 0.351. The summed E-state index contributed by atoms with van der Waals surface area (Å²) in [5, 5.41) is 12.5. The summed E-state index contributed by atoms with van der Waals surface area (Å²) in [6.07, 6.45) is 12.9. The molecule has 38 heavy (non-hydrogen) atoms. The van der Waals surface area contributed by atoms with E-state index in [9.17, 15) is 14.4 Å². The SMILES string of the molecule is CC1(C2CCCCC2)N=C(c2cc(Cl)cc(Cl)c2)C(=O)N1CCC1C=CC(C(=O)CNCCC(=O)O)=CC1. The highest BCUT2D eigenvalue weighted by molar-refractivity contribution is 6.47. The molecule has 4 rings (SSSR count). The molecule has 2 aliphatic carbocycles. The molecule has 9 heteroatoms. The summed E-state index contributed by atoms with van der Waals surface area (Å²) in [5.41, 5.74) is 1.10. The van der Waals surface area contributed by atoms with Gasteiger partial charge in [-0.25, -0.2) is 0 Å². The molecule has 2 atom stereocenters. The Labute approximate surface area is 234 Å². The number of nitrogens with one attached hydrogen (secondary N) is 1. The first-order valence-corrected chi connectivity index (χ1v) is 14.2. The van der Waals surface area contributed by atoms with Crippen molar-refractivity contribution in [3.63, 3.8) is 0 Å². The van der Waals surface area contributed by atoms with Gasteiger partial charge < -0.3 is 15.3 Å². The highest BCUT2D eigenvalue weighted by Gasteiger charge is 2.48. The maximum atomic E-state index is 13.8. The summed E-state index contributed by atoms with van der Waals surface area (Å²) >= 11 is 12.5. The van der Waals surface area contributed by atoms with Gasteiger partial charge in [-0.15, -0.1) is 0 Å². The van der Waals surface area contributed by atoms with Gasteiger partial charge in [0.2, 0.25) is 0 Å². The first-order chi connectivity index (χ1) is 18.2. The topological polar surface area (TPSA) is 99.1 Å². The molecule has 0 bridgehead atoms. The molecule has 0 aromatic heterocycles. The Morgan fingerprint density at radius 1 is 1.16 bits per heavy atom. The molecule has 1 amide bonds. The lowest BCUT2D eigenvalue weighted by atomic mass is 9.80. The number of carbonyl (C=O) groups is 3. The highest BCUT2D eigenvalue weighted by atomic mass is 35.5. The van der Waals surface area contributed by atoms with Crippen LogP contribution < -0.4 is 5.32 Å². The van der Waals surface area contributed by atoms with Crippen molar-refractivity contribution >= 4 is 46.6 Å². The van der Waals surface area contributed by atoms with Gasteiger partial charge in [-0.3, -0.25) is 19.4 Å². The fourth-order valence-corrected chi connectivity index (χ4v) is 6.24. The van der Waals surface area contributed by atoms with Crippen LogP contribution in [0.2, 0.25) is 10.0 Å². The second kappa shape index (κ2) is 12.6. The smallest absolute Gasteiger partial charge is 0.304 e. The van der Waals surface area contributed by atoms with Gasteiger partial charge in [-0.05, 0) is 56.7 Å². The normalized spacial score (nSPS) is 23.9. The Hall–Kier alpha value is -2.48. The summed E-state index contributed by atoms with van der Waals surface area (Å²) < 4.78 is 0. The van der Waals surface area contributed by atoms with Crippen LogP contribution in [-0.2, 0) is 14.4 Å². The number of hydrogen-bond acceptors (Lipinski definition) is 5. The lowest BCUT2D eigenvalue weighted by molar-refractivity contribution is -0.137. The second-order valence-corrected chi connectivity index (χ2v) is 11.4. The first-order valence-electron chi connectivity index (χ1n) is 13.4. The van der Waals surface area contributed by atoms with Crippen LogP contribution in [0.1, 0.15) is 63.9 Å². The number of aliphatic carboxylic acids is 1. The van der Waals surface area contributed by atoms with Gasteiger partial charge in [0.1, 0.15) is 11.4 Å². The van der Waals surface area contributed by atoms with Crippen LogP contribution in [0.4, 0.5) is 0 Å². The molecule has 3 aliphatic rings. The van der Waals surface area contributed by atoms with Crippen LogP contribution in [-0.4, -0.2) is 58.7 Å². The fraction of sp³-hybridized carbons (Fsp3) is 0.517. The number of hydrogen-bond donors (Lipinski definition) is 2. The van der Waals surface area contributed by atoms with E-state index in [1.807, 2.05) is 23.1 Å². The monoisotopic (exact) mass is 559 g/mol. The minimum absolute atomic E-state index is 0.0188. The molecule has 0 saturated heterocycles. The largest absolute Gasteiger partial charge is 0.481 e. The van der Waals surface area contributed by atoms with Crippen molar-refractivity contribution in [1.29, 1.82) is 0 Å². The van der Waals surface area contributed by atoms with Crippen molar-refractivity contribution in [3.8, 4) is 0 Å². The van der Waals surface area contributed by atoms with Gasteiger partial charge >= 0.3 is 5.97 Å². The van der Waals surface area contributed by atoms with E-state index in [-0.39, 0.29) is 37.1 Å². The zero-order valence-electron chi connectivity index (χ0n) is 21.7. The molecule has 2 unspecified atom stereocenters. The summed E-state index contributed by atoms with van der Waals surface area (Å²) in [4.78, 5) is 43.8. The first kappa shape index (κ1) is 28.5. The molecule has 0 spiro atoms. The molecule has 2 N–H and O–H groups in total. The van der Waals surface area contributed by atoms with Crippen molar-refractivity contribution in [2.75, 3.05) is 19.6 Å². The van der Waals surface area contributed by atoms with Crippen molar-refractivity contribution in [3.05, 3.63) is 57.6 Å². The molecule has 1 aromatic carbocycles. The van der Waals surface area contributed by atoms with Gasteiger partial charge in [0.25, 0.3) is 5.91 Å². The van der Waals surface area contributed by atoms with Gasteiger partial charge in [0.15, 0.2) is 5.78 Å². The number of aliphatic imine (C=N–C) groups is 1. The Bertz CT molecular complexity index is 1150. The molecule has 0 radical (unpaired) electrons. The molecular formula is C29H35Cl2N3O4. The average molecular weight is 561 g/mol. The van der Waals surface area contributed by atoms with Crippen LogP contribution in [0.25, 0.3) is 0 Å². The molecule has 1 aromatic rings. The van der Waals surface area contributed by atoms with E-state index in [2.05, 4.69) is 12.2 Å². The number of carboxylic acids is 1. The standard InChI is InChI=1S/C29H35Cl2N3O4/c1-29(22-5-3-2-4-6-22)33-27(21-15-23(30)17-24(31)16-21)28(38)34(29)14-12-19-7-9-20(10-8-19)25(35)18-32-13-11-26(36)37/h7,9-10,15-17,19,22,32H,2-6,8,11-14,18H2,1H3,(H,36,37). The second-order valence-electron chi connectivity index (χ2n) is 10.6. The Morgan fingerprint density at radius 2 is 1.87 bits per heavy atom. The van der Waals surface area contributed by atoms with Crippen LogP contribution in [0.15, 0.2) is 47.0 Å². The third-order valence-corrected chi connectivity index (χ3v) is 8.32. The number of benzene rings is 1. The molecule has 7 nitrogen and oxygen atoms in total. The van der Waals surface area contributed by atoms with Crippen molar-refractivity contribution < 1.29 is 19.5 Å². The van der Waals surface area contributed by atoms with Gasteiger partial charge in [-0.2, -0.15) is 0 Å². The van der Waals surface area contributed by atoms with Gasteiger partial charge in [0.05, 0.1) is 13.0 Å². The van der Waals surface area contributed by atoms with Crippen molar-refractivity contribution in [1.82, 2.24) is 10.2 Å². The van der Waals surface area contributed by atoms with Crippen molar-refractivity contribution in [2.24, 2.45) is 16.8 Å². The zero-order chi connectivity index (χ0) is 27.3. The number of rotatable bonds is 11. The number of halogens is 2. The molecule has 1 fully saturated rings. The van der Waals surface area contributed by atoms with E-state index >= 15 is 0 Å². The van der Waals surface area contributed by atoms with E-state index in [4.69, 9.17) is 33.3 Å². The predicted molar refractivity (Wildman–Crippen MR) is 150 cm³/mol. The van der Waals surface area contributed by atoms with E-state index in [1.165, 1.54) is 6.42 Å².